The third-order valence-corrected chi connectivity index (χ3v) is 3.04. The Labute approximate surface area is 118 Å². The third-order valence-electron chi connectivity index (χ3n) is 3.04. The Hall–Kier alpha value is -2.32. The van der Waals surface area contributed by atoms with Gasteiger partial charge in [-0.2, -0.15) is 10.4 Å². The number of ether oxygens (including phenoxy) is 1. The van der Waals surface area contributed by atoms with Crippen LogP contribution in [0, 0.1) is 11.3 Å². The van der Waals surface area contributed by atoms with Crippen LogP contribution >= 0.6 is 0 Å². The Morgan fingerprint density at radius 3 is 2.90 bits per heavy atom. The summed E-state index contributed by atoms with van der Waals surface area (Å²) in [6.07, 6.45) is 2.84. The monoisotopic (exact) mass is 270 g/mol. The van der Waals surface area contributed by atoms with Gasteiger partial charge in [-0.25, -0.2) is 0 Å². The summed E-state index contributed by atoms with van der Waals surface area (Å²) in [7, 11) is 3.49. The minimum absolute atomic E-state index is 0.560. The predicted molar refractivity (Wildman–Crippen MR) is 76.3 cm³/mol. The number of aromatic nitrogens is 2. The van der Waals surface area contributed by atoms with E-state index in [0.29, 0.717) is 11.3 Å². The molecule has 1 aromatic carbocycles. The maximum absolute atomic E-state index is 8.93. The Balaban J connectivity index is 1.83. The molecule has 1 N–H and O–H groups in total. The van der Waals surface area contributed by atoms with Crippen LogP contribution in [0.5, 0.6) is 5.75 Å². The van der Waals surface area contributed by atoms with E-state index in [1.54, 1.807) is 17.9 Å². The Morgan fingerprint density at radius 1 is 1.40 bits per heavy atom. The van der Waals surface area contributed by atoms with Gasteiger partial charge in [0.05, 0.1) is 18.4 Å². The Morgan fingerprint density at radius 2 is 2.25 bits per heavy atom. The van der Waals surface area contributed by atoms with Gasteiger partial charge in [0.2, 0.25) is 0 Å². The normalized spacial score (nSPS) is 10.2. The highest BCUT2D eigenvalue weighted by Crippen LogP contribution is 2.18. The summed E-state index contributed by atoms with van der Waals surface area (Å²) < 4.78 is 7.00. The van der Waals surface area contributed by atoms with Gasteiger partial charge in [0, 0.05) is 32.8 Å². The molecule has 20 heavy (non-hydrogen) atoms. The molecule has 0 amide bonds. The fourth-order valence-corrected chi connectivity index (χ4v) is 1.98. The quantitative estimate of drug-likeness (QED) is 0.810. The number of aryl methyl sites for hydroxylation is 1. The molecule has 1 aromatic heterocycles. The molecule has 0 radical (unpaired) electrons. The van der Waals surface area contributed by atoms with E-state index >= 15 is 0 Å². The van der Waals surface area contributed by atoms with Crippen LogP contribution in [0.2, 0.25) is 0 Å². The van der Waals surface area contributed by atoms with Gasteiger partial charge in [-0.3, -0.25) is 4.68 Å². The largest absolute Gasteiger partial charge is 0.495 e. The van der Waals surface area contributed by atoms with E-state index in [1.165, 1.54) is 0 Å². The molecule has 5 heteroatoms. The first-order valence-electron chi connectivity index (χ1n) is 6.49. The van der Waals surface area contributed by atoms with Crippen LogP contribution in [-0.2, 0) is 20.0 Å². The van der Waals surface area contributed by atoms with E-state index in [1.807, 2.05) is 31.4 Å². The van der Waals surface area contributed by atoms with Gasteiger partial charge < -0.3 is 10.1 Å². The van der Waals surface area contributed by atoms with Crippen molar-refractivity contribution in [1.82, 2.24) is 15.1 Å². The van der Waals surface area contributed by atoms with Gasteiger partial charge in [-0.05, 0) is 23.8 Å². The molecule has 2 aromatic rings. The van der Waals surface area contributed by atoms with Crippen LogP contribution in [0.25, 0.3) is 0 Å². The van der Waals surface area contributed by atoms with Crippen molar-refractivity contribution in [3.05, 3.63) is 47.3 Å². The highest BCUT2D eigenvalue weighted by molar-refractivity contribution is 5.45. The van der Waals surface area contributed by atoms with E-state index in [4.69, 9.17) is 10.00 Å². The van der Waals surface area contributed by atoms with E-state index < -0.39 is 0 Å². The van der Waals surface area contributed by atoms with E-state index in [0.717, 1.165) is 30.8 Å². The van der Waals surface area contributed by atoms with Gasteiger partial charge >= 0.3 is 0 Å². The molecule has 1 heterocycles. The van der Waals surface area contributed by atoms with Crippen molar-refractivity contribution in [3.8, 4) is 11.8 Å². The van der Waals surface area contributed by atoms with E-state index in [2.05, 4.69) is 16.5 Å². The van der Waals surface area contributed by atoms with Gasteiger partial charge in [-0.1, -0.05) is 6.07 Å². The second-order valence-corrected chi connectivity index (χ2v) is 4.55. The summed E-state index contributed by atoms with van der Waals surface area (Å²) in [6, 6.07) is 9.75. The van der Waals surface area contributed by atoms with Gasteiger partial charge in [0.25, 0.3) is 0 Å². The van der Waals surface area contributed by atoms with E-state index in [9.17, 15) is 0 Å². The lowest BCUT2D eigenvalue weighted by atomic mass is 10.1. The summed E-state index contributed by atoms with van der Waals surface area (Å²) in [5, 5.41) is 16.6. The molecule has 0 aliphatic carbocycles. The van der Waals surface area contributed by atoms with Crippen LogP contribution < -0.4 is 10.1 Å². The maximum Gasteiger partial charge on any atom is 0.136 e. The van der Waals surface area contributed by atoms with Gasteiger partial charge in [0.1, 0.15) is 11.8 Å². The first-order chi connectivity index (χ1) is 9.72. The minimum atomic E-state index is 0.560. The SMILES string of the molecule is COc1cc(CNCCc2ccn(C)n2)ccc1C#N. The number of rotatable bonds is 6. The number of nitrogens with one attached hydrogen (secondary N) is 1. The molecule has 104 valence electrons. The molecule has 0 bridgehead atoms. The maximum atomic E-state index is 8.93. The summed E-state index contributed by atoms with van der Waals surface area (Å²) in [5.74, 6) is 0.622. The summed E-state index contributed by atoms with van der Waals surface area (Å²) in [4.78, 5) is 0. The van der Waals surface area contributed by atoms with Gasteiger partial charge in [-0.15, -0.1) is 0 Å². The highest BCUT2D eigenvalue weighted by atomic mass is 16.5. The van der Waals surface area contributed by atoms with Crippen molar-refractivity contribution < 1.29 is 4.74 Å². The average molecular weight is 270 g/mol. The Kier molecular flexibility index (Phi) is 4.75. The molecule has 0 spiro atoms. The number of methoxy groups -OCH3 is 1. The van der Waals surface area contributed by atoms with Crippen molar-refractivity contribution in [2.75, 3.05) is 13.7 Å². The molecular formula is C15H18N4O. The molecule has 2 rings (SSSR count). The van der Waals surface area contributed by atoms with Crippen molar-refractivity contribution in [2.24, 2.45) is 7.05 Å². The second kappa shape index (κ2) is 6.73. The van der Waals surface area contributed by atoms with Crippen LogP contribution in [-0.4, -0.2) is 23.4 Å². The molecule has 0 unspecified atom stereocenters. The van der Waals surface area contributed by atoms with Crippen molar-refractivity contribution in [1.29, 1.82) is 5.26 Å². The lowest BCUT2D eigenvalue weighted by molar-refractivity contribution is 0.412. The Bertz CT molecular complexity index is 613. The number of hydrogen-bond acceptors (Lipinski definition) is 4. The summed E-state index contributed by atoms with van der Waals surface area (Å²) in [6.45, 7) is 1.61. The zero-order chi connectivity index (χ0) is 14.4. The molecule has 0 aliphatic heterocycles. The first-order valence-corrected chi connectivity index (χ1v) is 6.49. The zero-order valence-corrected chi connectivity index (χ0v) is 11.8. The fourth-order valence-electron chi connectivity index (χ4n) is 1.98. The number of nitriles is 1. The highest BCUT2D eigenvalue weighted by Gasteiger charge is 2.03. The molecular weight excluding hydrogens is 252 g/mol. The lowest BCUT2D eigenvalue weighted by Crippen LogP contribution is -2.17. The van der Waals surface area contributed by atoms with Crippen molar-refractivity contribution in [3.63, 3.8) is 0 Å². The molecule has 0 saturated heterocycles. The van der Waals surface area contributed by atoms with Crippen LogP contribution in [0.15, 0.2) is 30.5 Å². The molecule has 0 atom stereocenters. The van der Waals surface area contributed by atoms with Crippen molar-refractivity contribution in [2.45, 2.75) is 13.0 Å². The fraction of sp³-hybridized carbons (Fsp3) is 0.333. The molecule has 0 saturated carbocycles. The number of hydrogen-bond donors (Lipinski definition) is 1. The average Bonchev–Trinajstić information content (AvgIpc) is 2.89. The molecule has 5 nitrogen and oxygen atoms in total. The van der Waals surface area contributed by atoms with Crippen LogP contribution in [0.3, 0.4) is 0 Å². The van der Waals surface area contributed by atoms with E-state index in [-0.39, 0.29) is 0 Å². The van der Waals surface area contributed by atoms with Gasteiger partial charge in [0.15, 0.2) is 0 Å². The molecule has 0 aliphatic rings. The summed E-state index contributed by atoms with van der Waals surface area (Å²) >= 11 is 0. The standard InChI is InChI=1S/C15H18N4O/c1-19-8-6-14(18-19)5-7-17-11-12-3-4-13(10-16)15(9-12)20-2/h3-4,6,8-9,17H,5,7,11H2,1-2H3. The van der Waals surface area contributed by atoms with Crippen LogP contribution in [0.1, 0.15) is 16.8 Å². The lowest BCUT2D eigenvalue weighted by Gasteiger charge is -2.07. The summed E-state index contributed by atoms with van der Waals surface area (Å²) in [5.41, 5.74) is 2.74. The third kappa shape index (κ3) is 3.59. The smallest absolute Gasteiger partial charge is 0.136 e. The number of nitrogens with zero attached hydrogens (tertiary/aromatic N) is 3. The second-order valence-electron chi connectivity index (χ2n) is 4.55. The topological polar surface area (TPSA) is 62.9 Å². The zero-order valence-electron chi connectivity index (χ0n) is 11.8. The molecule has 0 fully saturated rings. The van der Waals surface area contributed by atoms with Crippen molar-refractivity contribution >= 4 is 0 Å². The first kappa shape index (κ1) is 14.1. The predicted octanol–water partition coefficient (Wildman–Crippen LogP) is 1.63. The van der Waals surface area contributed by atoms with Crippen LogP contribution in [0.4, 0.5) is 0 Å². The minimum Gasteiger partial charge on any atom is -0.495 e. The number of benzene rings is 1.